The van der Waals surface area contributed by atoms with Crippen molar-refractivity contribution in [3.05, 3.63) is 29.8 Å². The molecule has 0 heterocycles. The van der Waals surface area contributed by atoms with Gasteiger partial charge in [0, 0.05) is 26.7 Å². The zero-order chi connectivity index (χ0) is 17.1. The Balaban J connectivity index is 2.29. The van der Waals surface area contributed by atoms with Crippen LogP contribution >= 0.6 is 0 Å². The van der Waals surface area contributed by atoms with E-state index in [0.29, 0.717) is 32.0 Å². The number of rotatable bonds is 9. The molecule has 7 nitrogen and oxygen atoms in total. The summed E-state index contributed by atoms with van der Waals surface area (Å²) in [5.74, 6) is 1.59. The predicted molar refractivity (Wildman–Crippen MR) is 93.3 cm³/mol. The Morgan fingerprint density at radius 2 is 2.04 bits per heavy atom. The first-order valence-corrected chi connectivity index (χ1v) is 9.20. The number of sulfonamides is 1. The van der Waals surface area contributed by atoms with Crippen molar-refractivity contribution in [3.63, 3.8) is 0 Å². The lowest BCUT2D eigenvalue weighted by molar-refractivity contribution is 0.414. The molecule has 0 radical (unpaired) electrons. The Morgan fingerprint density at radius 1 is 1.26 bits per heavy atom. The van der Waals surface area contributed by atoms with Gasteiger partial charge in [-0.3, -0.25) is 4.99 Å². The minimum Gasteiger partial charge on any atom is -0.497 e. The van der Waals surface area contributed by atoms with Crippen molar-refractivity contribution in [2.45, 2.75) is 19.9 Å². The maximum Gasteiger partial charge on any atom is 0.211 e. The zero-order valence-electron chi connectivity index (χ0n) is 13.9. The molecule has 0 atom stereocenters. The molecule has 130 valence electrons. The summed E-state index contributed by atoms with van der Waals surface area (Å²) in [6, 6.07) is 7.79. The van der Waals surface area contributed by atoms with Gasteiger partial charge in [-0.05, 0) is 31.0 Å². The number of methoxy groups -OCH3 is 1. The number of ether oxygens (including phenoxy) is 1. The SMILES string of the molecule is CCS(=O)(=O)NCCCNC(=NC)NCc1cccc(OC)c1. The molecule has 0 aliphatic carbocycles. The van der Waals surface area contributed by atoms with E-state index in [0.717, 1.165) is 11.3 Å². The highest BCUT2D eigenvalue weighted by molar-refractivity contribution is 7.89. The average molecular weight is 342 g/mol. The van der Waals surface area contributed by atoms with Gasteiger partial charge in [-0.25, -0.2) is 13.1 Å². The fourth-order valence-electron chi connectivity index (χ4n) is 1.81. The molecule has 0 fully saturated rings. The first kappa shape index (κ1) is 19.2. The highest BCUT2D eigenvalue weighted by Crippen LogP contribution is 2.11. The van der Waals surface area contributed by atoms with E-state index < -0.39 is 10.0 Å². The Bertz CT molecular complexity index is 602. The first-order chi connectivity index (χ1) is 11.0. The van der Waals surface area contributed by atoms with Crippen molar-refractivity contribution in [1.29, 1.82) is 0 Å². The maximum absolute atomic E-state index is 11.3. The van der Waals surface area contributed by atoms with Crippen LogP contribution in [0.3, 0.4) is 0 Å². The van der Waals surface area contributed by atoms with Crippen LogP contribution in [0, 0.1) is 0 Å². The van der Waals surface area contributed by atoms with E-state index in [9.17, 15) is 8.42 Å². The minimum absolute atomic E-state index is 0.101. The molecule has 0 saturated carbocycles. The Morgan fingerprint density at radius 3 is 2.70 bits per heavy atom. The molecule has 0 unspecified atom stereocenters. The van der Waals surface area contributed by atoms with Gasteiger partial charge < -0.3 is 15.4 Å². The number of nitrogens with one attached hydrogen (secondary N) is 3. The van der Waals surface area contributed by atoms with Crippen LogP contribution in [-0.2, 0) is 16.6 Å². The lowest BCUT2D eigenvalue weighted by Gasteiger charge is -2.12. The molecular formula is C15H26N4O3S. The summed E-state index contributed by atoms with van der Waals surface area (Å²) in [6.45, 7) is 3.28. The molecule has 0 aliphatic heterocycles. The van der Waals surface area contributed by atoms with Gasteiger partial charge in [0.1, 0.15) is 5.75 Å². The lowest BCUT2D eigenvalue weighted by atomic mass is 10.2. The predicted octanol–water partition coefficient (Wildman–Crippen LogP) is 0.690. The largest absolute Gasteiger partial charge is 0.497 e. The van der Waals surface area contributed by atoms with E-state index in [1.54, 1.807) is 21.1 Å². The van der Waals surface area contributed by atoms with Crippen molar-refractivity contribution in [3.8, 4) is 5.75 Å². The second-order valence-corrected chi connectivity index (χ2v) is 6.95. The summed E-state index contributed by atoms with van der Waals surface area (Å²) in [7, 11) is 0.220. The smallest absolute Gasteiger partial charge is 0.211 e. The Kier molecular flexibility index (Phi) is 8.42. The Hall–Kier alpha value is -1.80. The second kappa shape index (κ2) is 10.1. The quantitative estimate of drug-likeness (QED) is 0.349. The Labute approximate surface area is 138 Å². The molecule has 0 saturated heterocycles. The first-order valence-electron chi connectivity index (χ1n) is 7.55. The molecule has 0 aliphatic rings. The van der Waals surface area contributed by atoms with Crippen LogP contribution in [0.2, 0.25) is 0 Å². The molecule has 0 bridgehead atoms. The summed E-state index contributed by atoms with van der Waals surface area (Å²) in [5, 5.41) is 6.35. The van der Waals surface area contributed by atoms with E-state index in [1.807, 2.05) is 24.3 Å². The van der Waals surface area contributed by atoms with Gasteiger partial charge in [-0.1, -0.05) is 12.1 Å². The molecular weight excluding hydrogens is 316 g/mol. The van der Waals surface area contributed by atoms with Crippen LogP contribution in [0.15, 0.2) is 29.3 Å². The van der Waals surface area contributed by atoms with Crippen LogP contribution in [0.25, 0.3) is 0 Å². The van der Waals surface area contributed by atoms with Gasteiger partial charge in [-0.2, -0.15) is 0 Å². The third kappa shape index (κ3) is 7.85. The number of hydrogen-bond donors (Lipinski definition) is 3. The monoisotopic (exact) mass is 342 g/mol. The highest BCUT2D eigenvalue weighted by Gasteiger charge is 2.04. The third-order valence-electron chi connectivity index (χ3n) is 3.17. The minimum atomic E-state index is -3.11. The second-order valence-electron chi connectivity index (χ2n) is 4.86. The fraction of sp³-hybridized carbons (Fsp3) is 0.533. The number of benzene rings is 1. The van der Waals surface area contributed by atoms with Gasteiger partial charge in [0.2, 0.25) is 10.0 Å². The standard InChI is InChI=1S/C15H26N4O3S/c1-4-23(20,21)19-10-6-9-17-15(16-2)18-12-13-7-5-8-14(11-13)22-3/h5,7-8,11,19H,4,6,9-10,12H2,1-3H3,(H2,16,17,18). The van der Waals surface area contributed by atoms with Crippen molar-refractivity contribution >= 4 is 16.0 Å². The summed E-state index contributed by atoms with van der Waals surface area (Å²) < 4.78 is 30.3. The molecule has 0 spiro atoms. The van der Waals surface area contributed by atoms with Crippen LogP contribution in [0.5, 0.6) is 5.75 Å². The van der Waals surface area contributed by atoms with Crippen LogP contribution < -0.4 is 20.1 Å². The van der Waals surface area contributed by atoms with E-state index in [1.165, 1.54) is 0 Å². The normalized spacial score (nSPS) is 12.0. The molecule has 0 amide bonds. The number of guanidine groups is 1. The average Bonchev–Trinajstić information content (AvgIpc) is 2.57. The highest BCUT2D eigenvalue weighted by atomic mass is 32.2. The van der Waals surface area contributed by atoms with E-state index >= 15 is 0 Å². The topological polar surface area (TPSA) is 91.8 Å². The molecule has 1 aromatic carbocycles. The van der Waals surface area contributed by atoms with Gasteiger partial charge in [0.25, 0.3) is 0 Å². The molecule has 8 heteroatoms. The lowest BCUT2D eigenvalue weighted by Crippen LogP contribution is -2.38. The summed E-state index contributed by atoms with van der Waals surface area (Å²) in [6.07, 6.45) is 0.680. The summed E-state index contributed by atoms with van der Waals surface area (Å²) >= 11 is 0. The fourth-order valence-corrected chi connectivity index (χ4v) is 2.47. The molecule has 23 heavy (non-hydrogen) atoms. The van der Waals surface area contributed by atoms with Gasteiger partial charge in [0.15, 0.2) is 5.96 Å². The van der Waals surface area contributed by atoms with Crippen molar-refractivity contribution in [2.75, 3.05) is 33.0 Å². The molecule has 1 aromatic rings. The number of nitrogens with zero attached hydrogens (tertiary/aromatic N) is 1. The summed E-state index contributed by atoms with van der Waals surface area (Å²) in [4.78, 5) is 4.13. The molecule has 1 rings (SSSR count). The van der Waals surface area contributed by atoms with Gasteiger partial charge in [-0.15, -0.1) is 0 Å². The maximum atomic E-state index is 11.3. The summed E-state index contributed by atoms with van der Waals surface area (Å²) in [5.41, 5.74) is 1.09. The zero-order valence-corrected chi connectivity index (χ0v) is 14.7. The van der Waals surface area contributed by atoms with Crippen molar-refractivity contribution in [2.24, 2.45) is 4.99 Å². The van der Waals surface area contributed by atoms with Gasteiger partial charge in [0.05, 0.1) is 12.9 Å². The molecule has 3 N–H and O–H groups in total. The van der Waals surface area contributed by atoms with Crippen molar-refractivity contribution in [1.82, 2.24) is 15.4 Å². The van der Waals surface area contributed by atoms with Crippen LogP contribution in [-0.4, -0.2) is 47.4 Å². The van der Waals surface area contributed by atoms with E-state index in [2.05, 4.69) is 20.3 Å². The van der Waals surface area contributed by atoms with Crippen LogP contribution in [0.1, 0.15) is 18.9 Å². The van der Waals surface area contributed by atoms with Crippen molar-refractivity contribution < 1.29 is 13.2 Å². The van der Waals surface area contributed by atoms with Gasteiger partial charge >= 0.3 is 0 Å². The van der Waals surface area contributed by atoms with Crippen LogP contribution in [0.4, 0.5) is 0 Å². The van der Waals surface area contributed by atoms with E-state index in [-0.39, 0.29) is 5.75 Å². The number of aliphatic imine (C=N–C) groups is 1. The third-order valence-corrected chi connectivity index (χ3v) is 4.57. The number of hydrogen-bond acceptors (Lipinski definition) is 4. The molecule has 0 aromatic heterocycles. The van der Waals surface area contributed by atoms with E-state index in [4.69, 9.17) is 4.74 Å².